The summed E-state index contributed by atoms with van der Waals surface area (Å²) in [7, 11) is 0. The number of aliphatic carboxylic acids is 1. The summed E-state index contributed by atoms with van der Waals surface area (Å²) in [6, 6.07) is 9.99. The van der Waals surface area contributed by atoms with Crippen molar-refractivity contribution in [3.05, 3.63) is 35.9 Å². The molecule has 0 radical (unpaired) electrons. The maximum atomic E-state index is 12.5. The molecule has 1 heterocycles. The lowest BCUT2D eigenvalue weighted by Crippen LogP contribution is -2.47. The normalized spacial score (nSPS) is 15.5. The van der Waals surface area contributed by atoms with E-state index in [0.717, 1.165) is 63.8 Å². The predicted octanol–water partition coefficient (Wildman–Crippen LogP) is 3.26. The largest absolute Gasteiger partial charge is 0.481 e. The molecule has 0 spiro atoms. The maximum Gasteiger partial charge on any atom is 0.303 e. The van der Waals surface area contributed by atoms with E-state index in [1.165, 1.54) is 0 Å². The van der Waals surface area contributed by atoms with E-state index >= 15 is 0 Å². The number of unbranched alkanes of at least 4 members (excludes halogenated alkanes) is 1. The van der Waals surface area contributed by atoms with Gasteiger partial charge in [-0.2, -0.15) is 0 Å². The Labute approximate surface area is 150 Å². The highest BCUT2D eigenvalue weighted by molar-refractivity contribution is 5.94. The molecule has 0 unspecified atom stereocenters. The smallest absolute Gasteiger partial charge is 0.303 e. The molecule has 5 heteroatoms. The van der Waals surface area contributed by atoms with Gasteiger partial charge in [-0.25, -0.2) is 0 Å². The van der Waals surface area contributed by atoms with Crippen LogP contribution in [0, 0.1) is 0 Å². The Morgan fingerprint density at radius 1 is 1.12 bits per heavy atom. The molecule has 1 aromatic rings. The Kier molecular flexibility index (Phi) is 7.92. The van der Waals surface area contributed by atoms with Gasteiger partial charge in [0.05, 0.1) is 0 Å². The van der Waals surface area contributed by atoms with Crippen LogP contribution in [0.2, 0.25) is 0 Å². The SMILES string of the molecule is CCCN(CCCCC(=O)O)C1CCN(C(=O)c2ccccc2)CC1. The molecule has 1 fully saturated rings. The Morgan fingerprint density at radius 3 is 2.40 bits per heavy atom. The number of carboxylic acids is 1. The lowest BCUT2D eigenvalue weighted by molar-refractivity contribution is -0.137. The molecule has 1 N–H and O–H groups in total. The van der Waals surface area contributed by atoms with Crippen molar-refractivity contribution in [2.24, 2.45) is 0 Å². The van der Waals surface area contributed by atoms with Crippen LogP contribution in [0.3, 0.4) is 0 Å². The monoisotopic (exact) mass is 346 g/mol. The fourth-order valence-electron chi connectivity index (χ4n) is 3.55. The zero-order valence-electron chi connectivity index (χ0n) is 15.2. The minimum Gasteiger partial charge on any atom is -0.481 e. The number of carbonyl (C=O) groups excluding carboxylic acids is 1. The minimum absolute atomic E-state index is 0.127. The number of piperidine rings is 1. The average molecular weight is 346 g/mol. The molecule has 2 rings (SSSR count). The van der Waals surface area contributed by atoms with Crippen molar-refractivity contribution >= 4 is 11.9 Å². The van der Waals surface area contributed by atoms with Gasteiger partial charge in [0.25, 0.3) is 5.91 Å². The number of hydrogen-bond donors (Lipinski definition) is 1. The first-order chi connectivity index (χ1) is 12.1. The summed E-state index contributed by atoms with van der Waals surface area (Å²) >= 11 is 0. The van der Waals surface area contributed by atoms with Gasteiger partial charge < -0.3 is 14.9 Å². The van der Waals surface area contributed by atoms with E-state index in [4.69, 9.17) is 5.11 Å². The Bertz CT molecular complexity index is 539. The number of likely N-dealkylation sites (tertiary alicyclic amines) is 1. The van der Waals surface area contributed by atoms with Crippen LogP contribution in [0.1, 0.15) is 55.8 Å². The van der Waals surface area contributed by atoms with Gasteiger partial charge in [0.1, 0.15) is 0 Å². The molecule has 1 aromatic carbocycles. The summed E-state index contributed by atoms with van der Waals surface area (Å²) in [6.45, 7) is 5.78. The summed E-state index contributed by atoms with van der Waals surface area (Å²) < 4.78 is 0. The van der Waals surface area contributed by atoms with Crippen molar-refractivity contribution < 1.29 is 14.7 Å². The molecule has 1 aliphatic heterocycles. The fourth-order valence-corrected chi connectivity index (χ4v) is 3.55. The first-order valence-electron chi connectivity index (χ1n) is 9.42. The van der Waals surface area contributed by atoms with Crippen molar-refractivity contribution in [1.82, 2.24) is 9.80 Å². The first kappa shape index (κ1) is 19.4. The van der Waals surface area contributed by atoms with Gasteiger partial charge >= 0.3 is 5.97 Å². The quantitative estimate of drug-likeness (QED) is 0.697. The van der Waals surface area contributed by atoms with E-state index in [1.54, 1.807) is 0 Å². The first-order valence-corrected chi connectivity index (χ1v) is 9.42. The molecule has 1 aliphatic rings. The van der Waals surface area contributed by atoms with Crippen molar-refractivity contribution in [3.63, 3.8) is 0 Å². The second kappa shape index (κ2) is 10.2. The number of nitrogens with zero attached hydrogens (tertiary/aromatic N) is 2. The van der Waals surface area contributed by atoms with Gasteiger partial charge in [-0.1, -0.05) is 25.1 Å². The molecular formula is C20H30N2O3. The average Bonchev–Trinajstić information content (AvgIpc) is 2.64. The van der Waals surface area contributed by atoms with E-state index in [2.05, 4.69) is 11.8 Å². The van der Waals surface area contributed by atoms with Crippen molar-refractivity contribution in [2.45, 2.75) is 51.5 Å². The molecule has 0 atom stereocenters. The third kappa shape index (κ3) is 6.16. The second-order valence-electron chi connectivity index (χ2n) is 6.78. The standard InChI is InChI=1S/C20H30N2O3/c1-2-13-21(14-7-6-10-19(23)24)18-11-15-22(16-12-18)20(25)17-8-4-3-5-9-17/h3-5,8-9,18H,2,6-7,10-16H2,1H3,(H,23,24). The van der Waals surface area contributed by atoms with Crippen LogP contribution < -0.4 is 0 Å². The van der Waals surface area contributed by atoms with Gasteiger partial charge in [-0.05, 0) is 57.3 Å². The summed E-state index contributed by atoms with van der Waals surface area (Å²) in [4.78, 5) is 27.6. The summed E-state index contributed by atoms with van der Waals surface area (Å²) in [5.41, 5.74) is 0.764. The van der Waals surface area contributed by atoms with E-state index in [-0.39, 0.29) is 12.3 Å². The van der Waals surface area contributed by atoms with Gasteiger partial charge in [0, 0.05) is 31.1 Å². The minimum atomic E-state index is -0.713. The summed E-state index contributed by atoms with van der Waals surface area (Å²) in [5.74, 6) is -0.586. The lowest BCUT2D eigenvalue weighted by atomic mass is 10.0. The molecular weight excluding hydrogens is 316 g/mol. The highest BCUT2D eigenvalue weighted by Gasteiger charge is 2.26. The number of rotatable bonds is 9. The van der Waals surface area contributed by atoms with Gasteiger partial charge in [0.15, 0.2) is 0 Å². The van der Waals surface area contributed by atoms with Crippen molar-refractivity contribution in [3.8, 4) is 0 Å². The van der Waals surface area contributed by atoms with Crippen LogP contribution in [-0.4, -0.2) is 59.0 Å². The molecule has 0 aliphatic carbocycles. The Morgan fingerprint density at radius 2 is 1.80 bits per heavy atom. The molecule has 0 saturated carbocycles. The van der Waals surface area contributed by atoms with Gasteiger partial charge in [-0.3, -0.25) is 9.59 Å². The van der Waals surface area contributed by atoms with Crippen LogP contribution in [0.5, 0.6) is 0 Å². The molecule has 25 heavy (non-hydrogen) atoms. The van der Waals surface area contributed by atoms with Crippen LogP contribution in [0.4, 0.5) is 0 Å². The van der Waals surface area contributed by atoms with Crippen LogP contribution >= 0.6 is 0 Å². The van der Waals surface area contributed by atoms with E-state index in [9.17, 15) is 9.59 Å². The number of hydrogen-bond acceptors (Lipinski definition) is 3. The molecule has 138 valence electrons. The fraction of sp³-hybridized carbons (Fsp3) is 0.600. The molecule has 5 nitrogen and oxygen atoms in total. The van der Waals surface area contributed by atoms with E-state index in [0.29, 0.717) is 6.04 Å². The van der Waals surface area contributed by atoms with E-state index < -0.39 is 5.97 Å². The lowest BCUT2D eigenvalue weighted by Gasteiger charge is -2.38. The zero-order valence-corrected chi connectivity index (χ0v) is 15.2. The molecule has 0 bridgehead atoms. The maximum absolute atomic E-state index is 12.5. The molecule has 1 amide bonds. The van der Waals surface area contributed by atoms with Crippen molar-refractivity contribution in [1.29, 1.82) is 0 Å². The highest BCUT2D eigenvalue weighted by atomic mass is 16.4. The second-order valence-corrected chi connectivity index (χ2v) is 6.78. The van der Waals surface area contributed by atoms with Crippen molar-refractivity contribution in [2.75, 3.05) is 26.2 Å². The van der Waals surface area contributed by atoms with Gasteiger partial charge in [-0.15, -0.1) is 0 Å². The van der Waals surface area contributed by atoms with E-state index in [1.807, 2.05) is 35.2 Å². The number of carboxylic acid groups (broad SMARTS) is 1. The molecule has 1 saturated heterocycles. The summed E-state index contributed by atoms with van der Waals surface area (Å²) in [5, 5.41) is 8.75. The summed E-state index contributed by atoms with van der Waals surface area (Å²) in [6.07, 6.45) is 5.01. The van der Waals surface area contributed by atoms with Gasteiger partial charge in [0.2, 0.25) is 0 Å². The number of amides is 1. The third-order valence-corrected chi connectivity index (χ3v) is 4.89. The Hall–Kier alpha value is -1.88. The zero-order chi connectivity index (χ0) is 18.1. The Balaban J connectivity index is 1.81. The third-order valence-electron chi connectivity index (χ3n) is 4.89. The highest BCUT2D eigenvalue weighted by Crippen LogP contribution is 2.19. The number of benzene rings is 1. The van der Waals surface area contributed by atoms with Crippen LogP contribution in [0.15, 0.2) is 30.3 Å². The number of carbonyl (C=O) groups is 2. The predicted molar refractivity (Wildman–Crippen MR) is 98.7 cm³/mol. The molecule has 0 aromatic heterocycles. The topological polar surface area (TPSA) is 60.9 Å². The van der Waals surface area contributed by atoms with Crippen LogP contribution in [-0.2, 0) is 4.79 Å². The van der Waals surface area contributed by atoms with Crippen LogP contribution in [0.25, 0.3) is 0 Å².